The molecule has 3 rings (SSSR count). The van der Waals surface area contributed by atoms with E-state index < -0.39 is 0 Å². The number of hydrogen-bond acceptors (Lipinski definition) is 3. The number of phenols is 1. The van der Waals surface area contributed by atoms with Gasteiger partial charge in [-0.25, -0.2) is 0 Å². The van der Waals surface area contributed by atoms with E-state index in [2.05, 4.69) is 41.4 Å². The van der Waals surface area contributed by atoms with Gasteiger partial charge in [-0.3, -0.25) is 9.69 Å². The van der Waals surface area contributed by atoms with Crippen LogP contribution in [0.15, 0.2) is 54.6 Å². The summed E-state index contributed by atoms with van der Waals surface area (Å²) < 4.78 is 0. The van der Waals surface area contributed by atoms with E-state index in [1.54, 1.807) is 18.2 Å². The second kappa shape index (κ2) is 7.49. The van der Waals surface area contributed by atoms with Crippen molar-refractivity contribution in [3.63, 3.8) is 0 Å². The zero-order chi connectivity index (χ0) is 16.9. The average Bonchev–Trinajstić information content (AvgIpc) is 2.90. The predicted molar refractivity (Wildman–Crippen MR) is 94.6 cm³/mol. The summed E-state index contributed by atoms with van der Waals surface area (Å²) in [5, 5.41) is 12.9. The number of rotatable bonds is 5. The fourth-order valence-corrected chi connectivity index (χ4v) is 3.32. The van der Waals surface area contributed by atoms with Crippen molar-refractivity contribution in [2.45, 2.75) is 25.9 Å². The molecule has 2 N–H and O–H groups in total. The Hall–Kier alpha value is -2.33. The Morgan fingerprint density at radius 2 is 1.83 bits per heavy atom. The second-order valence-corrected chi connectivity index (χ2v) is 6.64. The van der Waals surface area contributed by atoms with Gasteiger partial charge >= 0.3 is 0 Å². The zero-order valence-corrected chi connectivity index (χ0v) is 14.0. The topological polar surface area (TPSA) is 52.6 Å². The lowest BCUT2D eigenvalue weighted by atomic mass is 10.1. The number of hydrogen-bond donors (Lipinski definition) is 2. The molecule has 2 unspecified atom stereocenters. The van der Waals surface area contributed by atoms with E-state index in [1.807, 2.05) is 12.1 Å². The highest BCUT2D eigenvalue weighted by atomic mass is 16.3. The molecule has 1 heterocycles. The normalized spacial score (nSPS) is 20.9. The van der Waals surface area contributed by atoms with Crippen LogP contribution in [-0.4, -0.2) is 35.0 Å². The maximum absolute atomic E-state index is 12.3. The van der Waals surface area contributed by atoms with Crippen LogP contribution in [0.25, 0.3) is 0 Å². The quantitative estimate of drug-likeness (QED) is 0.889. The van der Waals surface area contributed by atoms with Gasteiger partial charge in [0.2, 0.25) is 5.91 Å². The first-order chi connectivity index (χ1) is 11.6. The lowest BCUT2D eigenvalue weighted by Gasteiger charge is -2.17. The van der Waals surface area contributed by atoms with Crippen LogP contribution >= 0.6 is 0 Å². The van der Waals surface area contributed by atoms with E-state index in [9.17, 15) is 9.90 Å². The third-order valence-corrected chi connectivity index (χ3v) is 4.63. The number of carbonyl (C=O) groups excluding carboxylic acids is 1. The van der Waals surface area contributed by atoms with Crippen LogP contribution in [0.4, 0.5) is 0 Å². The molecular formula is C20H24N2O2. The SMILES string of the molecule is CC1CN(Cc2ccccc2)CC1NC(=O)Cc1ccccc1O. The van der Waals surface area contributed by atoms with Crippen molar-refractivity contribution in [1.29, 1.82) is 0 Å². The van der Waals surface area contributed by atoms with Crippen LogP contribution in [0.1, 0.15) is 18.1 Å². The summed E-state index contributed by atoms with van der Waals surface area (Å²) in [6, 6.07) is 17.6. The number of likely N-dealkylation sites (tertiary alicyclic amines) is 1. The maximum atomic E-state index is 12.3. The van der Waals surface area contributed by atoms with E-state index in [0.717, 1.165) is 19.6 Å². The molecule has 0 aliphatic carbocycles. The van der Waals surface area contributed by atoms with Gasteiger partial charge in [0.05, 0.1) is 6.42 Å². The fourth-order valence-electron chi connectivity index (χ4n) is 3.32. The van der Waals surface area contributed by atoms with Crippen LogP contribution in [0.3, 0.4) is 0 Å². The van der Waals surface area contributed by atoms with Crippen molar-refractivity contribution in [2.24, 2.45) is 5.92 Å². The molecule has 24 heavy (non-hydrogen) atoms. The molecule has 1 amide bonds. The van der Waals surface area contributed by atoms with Gasteiger partial charge in [-0.1, -0.05) is 55.5 Å². The number of benzene rings is 2. The first kappa shape index (κ1) is 16.5. The van der Waals surface area contributed by atoms with Gasteiger partial charge in [-0.2, -0.15) is 0 Å². The number of aromatic hydroxyl groups is 1. The molecule has 2 aromatic carbocycles. The van der Waals surface area contributed by atoms with Crippen molar-refractivity contribution < 1.29 is 9.90 Å². The van der Waals surface area contributed by atoms with Crippen molar-refractivity contribution in [3.8, 4) is 5.75 Å². The molecule has 1 fully saturated rings. The number of nitrogens with one attached hydrogen (secondary N) is 1. The van der Waals surface area contributed by atoms with E-state index in [4.69, 9.17) is 0 Å². The highest BCUT2D eigenvalue weighted by Crippen LogP contribution is 2.20. The Bertz CT molecular complexity index is 687. The summed E-state index contributed by atoms with van der Waals surface area (Å²) >= 11 is 0. The van der Waals surface area contributed by atoms with Gasteiger partial charge in [0.1, 0.15) is 5.75 Å². The average molecular weight is 324 g/mol. The molecule has 4 nitrogen and oxygen atoms in total. The predicted octanol–water partition coefficient (Wildman–Crippen LogP) is 2.57. The Labute approximate surface area is 143 Å². The van der Waals surface area contributed by atoms with Crippen LogP contribution in [0, 0.1) is 5.92 Å². The summed E-state index contributed by atoms with van der Waals surface area (Å²) in [4.78, 5) is 14.7. The lowest BCUT2D eigenvalue weighted by molar-refractivity contribution is -0.121. The molecule has 1 saturated heterocycles. The first-order valence-corrected chi connectivity index (χ1v) is 8.44. The van der Waals surface area contributed by atoms with Gasteiger partial charge < -0.3 is 10.4 Å². The summed E-state index contributed by atoms with van der Waals surface area (Å²) in [5.41, 5.74) is 1.97. The summed E-state index contributed by atoms with van der Waals surface area (Å²) in [5.74, 6) is 0.565. The van der Waals surface area contributed by atoms with Crippen molar-refractivity contribution in [1.82, 2.24) is 10.2 Å². The standard InChI is InChI=1S/C20H24N2O2/c1-15-12-22(13-16-7-3-2-4-8-16)14-18(15)21-20(24)11-17-9-5-6-10-19(17)23/h2-10,15,18,23H,11-14H2,1H3,(H,21,24). The molecule has 0 radical (unpaired) electrons. The summed E-state index contributed by atoms with van der Waals surface area (Å²) in [6.45, 7) is 4.94. The molecule has 0 aromatic heterocycles. The van der Waals surface area contributed by atoms with E-state index in [0.29, 0.717) is 11.5 Å². The molecular weight excluding hydrogens is 300 g/mol. The molecule has 0 saturated carbocycles. The number of carbonyl (C=O) groups is 1. The van der Waals surface area contributed by atoms with Crippen molar-refractivity contribution >= 4 is 5.91 Å². The van der Waals surface area contributed by atoms with Crippen LogP contribution in [-0.2, 0) is 17.8 Å². The van der Waals surface area contributed by atoms with Crippen LogP contribution in [0.5, 0.6) is 5.75 Å². The molecule has 126 valence electrons. The number of para-hydroxylation sites is 1. The van der Waals surface area contributed by atoms with Gasteiger partial charge in [-0.05, 0) is 17.5 Å². The van der Waals surface area contributed by atoms with Crippen LogP contribution in [0.2, 0.25) is 0 Å². The minimum atomic E-state index is -0.0325. The lowest BCUT2D eigenvalue weighted by Crippen LogP contribution is -2.40. The second-order valence-electron chi connectivity index (χ2n) is 6.64. The maximum Gasteiger partial charge on any atom is 0.224 e. The third kappa shape index (κ3) is 4.15. The molecule has 0 bridgehead atoms. The third-order valence-electron chi connectivity index (χ3n) is 4.63. The fraction of sp³-hybridized carbons (Fsp3) is 0.350. The Morgan fingerprint density at radius 1 is 1.12 bits per heavy atom. The molecule has 1 aliphatic heterocycles. The number of nitrogens with zero attached hydrogens (tertiary/aromatic N) is 1. The number of phenolic OH excluding ortho intramolecular Hbond substituents is 1. The van der Waals surface area contributed by atoms with Crippen LogP contribution < -0.4 is 5.32 Å². The minimum absolute atomic E-state index is 0.0325. The number of amides is 1. The van der Waals surface area contributed by atoms with Gasteiger partial charge in [0.15, 0.2) is 0 Å². The Morgan fingerprint density at radius 3 is 2.58 bits per heavy atom. The molecule has 0 spiro atoms. The van der Waals surface area contributed by atoms with Crippen molar-refractivity contribution in [2.75, 3.05) is 13.1 Å². The molecule has 2 atom stereocenters. The Balaban J connectivity index is 1.54. The van der Waals surface area contributed by atoms with E-state index in [1.165, 1.54) is 5.56 Å². The molecule has 4 heteroatoms. The highest BCUT2D eigenvalue weighted by molar-refractivity contribution is 5.79. The van der Waals surface area contributed by atoms with Gasteiger partial charge in [0, 0.05) is 31.2 Å². The highest BCUT2D eigenvalue weighted by Gasteiger charge is 2.30. The van der Waals surface area contributed by atoms with Gasteiger partial charge in [0.25, 0.3) is 0 Å². The van der Waals surface area contributed by atoms with Crippen molar-refractivity contribution in [3.05, 3.63) is 65.7 Å². The summed E-state index contributed by atoms with van der Waals surface area (Å²) in [7, 11) is 0. The summed E-state index contributed by atoms with van der Waals surface area (Å²) in [6.07, 6.45) is 0.217. The Kier molecular flexibility index (Phi) is 5.16. The van der Waals surface area contributed by atoms with E-state index in [-0.39, 0.29) is 24.1 Å². The van der Waals surface area contributed by atoms with Gasteiger partial charge in [-0.15, -0.1) is 0 Å². The van der Waals surface area contributed by atoms with E-state index >= 15 is 0 Å². The minimum Gasteiger partial charge on any atom is -0.508 e. The smallest absolute Gasteiger partial charge is 0.224 e. The first-order valence-electron chi connectivity index (χ1n) is 8.44. The monoisotopic (exact) mass is 324 g/mol. The largest absolute Gasteiger partial charge is 0.508 e. The zero-order valence-electron chi connectivity index (χ0n) is 14.0. The molecule has 1 aliphatic rings. The molecule has 2 aromatic rings.